The first kappa shape index (κ1) is 19.1. The van der Waals surface area contributed by atoms with Crippen LogP contribution in [0.15, 0.2) is 42.7 Å². The minimum atomic E-state index is -0.862. The number of aromatic nitrogens is 1. The monoisotopic (exact) mass is 355 g/mol. The van der Waals surface area contributed by atoms with E-state index >= 15 is 0 Å². The maximum Gasteiger partial charge on any atom is 0.303 e. The number of unbranched alkanes of at least 4 members (excludes halogenated alkanes) is 1. The Balaban J connectivity index is 1.95. The van der Waals surface area contributed by atoms with Crippen LogP contribution in [0.25, 0.3) is 0 Å². The number of nitrogens with zero attached hydrogens (tertiary/aromatic N) is 1. The number of aryl methyl sites for hydroxylation is 1. The number of amides is 2. The van der Waals surface area contributed by atoms with Crippen LogP contribution in [0, 0.1) is 6.92 Å². The Hall–Kier alpha value is -3.22. The van der Waals surface area contributed by atoms with Crippen LogP contribution in [-0.4, -0.2) is 27.9 Å². The second-order valence-corrected chi connectivity index (χ2v) is 5.87. The number of carboxylic acids is 1. The smallest absolute Gasteiger partial charge is 0.303 e. The van der Waals surface area contributed by atoms with Crippen LogP contribution in [0.4, 0.5) is 11.4 Å². The number of benzene rings is 1. The van der Waals surface area contributed by atoms with Crippen molar-refractivity contribution in [1.29, 1.82) is 0 Å². The third-order valence-electron chi connectivity index (χ3n) is 3.76. The molecular formula is C19H21N3O4. The van der Waals surface area contributed by atoms with E-state index in [0.29, 0.717) is 29.8 Å². The lowest BCUT2D eigenvalue weighted by Gasteiger charge is -2.11. The molecule has 0 aliphatic rings. The van der Waals surface area contributed by atoms with Crippen LogP contribution in [0.5, 0.6) is 0 Å². The number of hydrogen-bond acceptors (Lipinski definition) is 4. The molecule has 0 atom stereocenters. The Labute approximate surface area is 151 Å². The minimum Gasteiger partial charge on any atom is -0.481 e. The van der Waals surface area contributed by atoms with E-state index in [4.69, 9.17) is 5.11 Å². The molecule has 0 unspecified atom stereocenters. The Morgan fingerprint density at radius 1 is 1.00 bits per heavy atom. The van der Waals surface area contributed by atoms with Gasteiger partial charge in [0.05, 0.1) is 0 Å². The Kier molecular flexibility index (Phi) is 6.84. The number of anilines is 2. The zero-order chi connectivity index (χ0) is 18.9. The largest absolute Gasteiger partial charge is 0.481 e. The molecule has 0 fully saturated rings. The third-order valence-corrected chi connectivity index (χ3v) is 3.76. The van der Waals surface area contributed by atoms with Crippen molar-refractivity contribution in [3.63, 3.8) is 0 Å². The van der Waals surface area contributed by atoms with E-state index < -0.39 is 5.97 Å². The molecule has 7 heteroatoms. The molecule has 0 spiro atoms. The summed E-state index contributed by atoms with van der Waals surface area (Å²) in [6.07, 6.45) is 4.37. The molecule has 0 aliphatic heterocycles. The number of nitrogens with one attached hydrogen (secondary N) is 2. The van der Waals surface area contributed by atoms with E-state index in [-0.39, 0.29) is 24.7 Å². The first-order chi connectivity index (χ1) is 12.5. The highest BCUT2D eigenvalue weighted by molar-refractivity contribution is 6.05. The van der Waals surface area contributed by atoms with Gasteiger partial charge in [-0.25, -0.2) is 0 Å². The summed E-state index contributed by atoms with van der Waals surface area (Å²) < 4.78 is 0. The van der Waals surface area contributed by atoms with E-state index in [9.17, 15) is 14.4 Å². The van der Waals surface area contributed by atoms with Gasteiger partial charge in [-0.05, 0) is 49.6 Å². The Morgan fingerprint density at radius 3 is 2.38 bits per heavy atom. The van der Waals surface area contributed by atoms with Crippen molar-refractivity contribution in [2.45, 2.75) is 32.6 Å². The summed E-state index contributed by atoms with van der Waals surface area (Å²) >= 11 is 0. The lowest BCUT2D eigenvalue weighted by Crippen LogP contribution is -2.14. The Morgan fingerprint density at radius 2 is 1.69 bits per heavy atom. The summed E-state index contributed by atoms with van der Waals surface area (Å²) in [5.74, 6) is -1.31. The van der Waals surface area contributed by atoms with Crippen LogP contribution >= 0.6 is 0 Å². The number of carboxylic acid groups (broad SMARTS) is 1. The van der Waals surface area contributed by atoms with Gasteiger partial charge in [0.2, 0.25) is 5.91 Å². The predicted octanol–water partition coefficient (Wildman–Crippen LogP) is 3.23. The van der Waals surface area contributed by atoms with Crippen molar-refractivity contribution >= 4 is 29.2 Å². The Bertz CT molecular complexity index is 791. The SMILES string of the molecule is Cc1ccc(NC(=O)CCCCC(=O)O)cc1NC(=O)c1ccncc1. The van der Waals surface area contributed by atoms with E-state index in [1.54, 1.807) is 36.7 Å². The second-order valence-electron chi connectivity index (χ2n) is 5.87. The summed E-state index contributed by atoms with van der Waals surface area (Å²) in [4.78, 5) is 38.5. The quantitative estimate of drug-likeness (QED) is 0.630. The molecule has 2 aromatic rings. The van der Waals surface area contributed by atoms with E-state index in [1.165, 1.54) is 0 Å². The molecule has 1 aromatic heterocycles. The zero-order valence-corrected chi connectivity index (χ0v) is 14.5. The lowest BCUT2D eigenvalue weighted by molar-refractivity contribution is -0.137. The van der Waals surface area contributed by atoms with Crippen molar-refractivity contribution in [1.82, 2.24) is 4.98 Å². The van der Waals surface area contributed by atoms with Gasteiger partial charge in [-0.15, -0.1) is 0 Å². The number of carbonyl (C=O) groups is 3. The van der Waals surface area contributed by atoms with Gasteiger partial charge in [0.1, 0.15) is 0 Å². The van der Waals surface area contributed by atoms with Gasteiger partial charge in [0, 0.05) is 42.2 Å². The average Bonchev–Trinajstić information content (AvgIpc) is 2.62. The molecule has 136 valence electrons. The molecule has 1 aromatic carbocycles. The summed E-state index contributed by atoms with van der Waals surface area (Å²) in [5.41, 5.74) is 2.54. The molecule has 3 N–H and O–H groups in total. The van der Waals surface area contributed by atoms with Crippen molar-refractivity contribution in [3.8, 4) is 0 Å². The fourth-order valence-corrected chi connectivity index (χ4v) is 2.32. The number of carbonyl (C=O) groups excluding carboxylic acids is 2. The second kappa shape index (κ2) is 9.31. The molecule has 26 heavy (non-hydrogen) atoms. The van der Waals surface area contributed by atoms with Gasteiger partial charge in [0.15, 0.2) is 0 Å². The van der Waals surface area contributed by atoms with Gasteiger partial charge in [0.25, 0.3) is 5.91 Å². The molecule has 0 saturated carbocycles. The molecule has 0 bridgehead atoms. The van der Waals surface area contributed by atoms with Crippen LogP contribution in [-0.2, 0) is 9.59 Å². The summed E-state index contributed by atoms with van der Waals surface area (Å²) in [6.45, 7) is 1.86. The van der Waals surface area contributed by atoms with Gasteiger partial charge >= 0.3 is 5.97 Å². The van der Waals surface area contributed by atoms with Crippen LogP contribution < -0.4 is 10.6 Å². The molecule has 0 radical (unpaired) electrons. The lowest BCUT2D eigenvalue weighted by atomic mass is 10.1. The first-order valence-corrected chi connectivity index (χ1v) is 8.29. The van der Waals surface area contributed by atoms with Crippen LogP contribution in [0.3, 0.4) is 0 Å². The van der Waals surface area contributed by atoms with Gasteiger partial charge in [-0.1, -0.05) is 6.07 Å². The van der Waals surface area contributed by atoms with Crippen molar-refractivity contribution in [2.24, 2.45) is 0 Å². The van der Waals surface area contributed by atoms with Gasteiger partial charge < -0.3 is 15.7 Å². The minimum absolute atomic E-state index is 0.0585. The maximum absolute atomic E-state index is 12.3. The van der Waals surface area contributed by atoms with E-state index in [1.807, 2.05) is 13.0 Å². The number of rotatable bonds is 8. The highest BCUT2D eigenvalue weighted by atomic mass is 16.4. The van der Waals surface area contributed by atoms with Crippen molar-refractivity contribution in [3.05, 3.63) is 53.9 Å². The van der Waals surface area contributed by atoms with Gasteiger partial charge in [-0.2, -0.15) is 0 Å². The molecular weight excluding hydrogens is 334 g/mol. The summed E-state index contributed by atoms with van der Waals surface area (Å²) in [7, 11) is 0. The zero-order valence-electron chi connectivity index (χ0n) is 14.5. The van der Waals surface area contributed by atoms with Crippen molar-refractivity contribution < 1.29 is 19.5 Å². The number of pyridine rings is 1. The third kappa shape index (κ3) is 6.01. The highest BCUT2D eigenvalue weighted by Crippen LogP contribution is 2.21. The van der Waals surface area contributed by atoms with Crippen LogP contribution in [0.2, 0.25) is 0 Å². The average molecular weight is 355 g/mol. The fourth-order valence-electron chi connectivity index (χ4n) is 2.32. The predicted molar refractivity (Wildman–Crippen MR) is 98.1 cm³/mol. The van der Waals surface area contributed by atoms with Crippen molar-refractivity contribution in [2.75, 3.05) is 10.6 Å². The molecule has 0 saturated heterocycles. The molecule has 2 amide bonds. The number of aliphatic carboxylic acids is 1. The topological polar surface area (TPSA) is 108 Å². The fraction of sp³-hybridized carbons (Fsp3) is 0.263. The maximum atomic E-state index is 12.3. The summed E-state index contributed by atoms with van der Waals surface area (Å²) in [5, 5.41) is 14.2. The number of hydrogen-bond donors (Lipinski definition) is 3. The molecule has 7 nitrogen and oxygen atoms in total. The standard InChI is InChI=1S/C19H21N3O4/c1-13-6-7-15(21-17(23)4-2-3-5-18(24)25)12-16(13)22-19(26)14-8-10-20-11-9-14/h6-12H,2-5H2,1H3,(H,21,23)(H,22,26)(H,24,25). The molecule has 0 aliphatic carbocycles. The highest BCUT2D eigenvalue weighted by Gasteiger charge is 2.09. The van der Waals surface area contributed by atoms with Crippen LogP contribution in [0.1, 0.15) is 41.6 Å². The normalized spacial score (nSPS) is 10.2. The molecule has 2 rings (SSSR count). The van der Waals surface area contributed by atoms with Gasteiger partial charge in [-0.3, -0.25) is 19.4 Å². The molecule has 1 heterocycles. The first-order valence-electron chi connectivity index (χ1n) is 8.29. The van der Waals surface area contributed by atoms with E-state index in [2.05, 4.69) is 15.6 Å². The van der Waals surface area contributed by atoms with E-state index in [0.717, 1.165) is 5.56 Å². The summed E-state index contributed by atoms with van der Waals surface area (Å²) in [6, 6.07) is 8.50.